The van der Waals surface area contributed by atoms with Crippen LogP contribution < -0.4 is 27.4 Å². The fraction of sp³-hybridized carbons (Fsp3) is 0.327. The summed E-state index contributed by atoms with van der Waals surface area (Å²) in [7, 11) is 12.2. The van der Waals surface area contributed by atoms with E-state index in [1.54, 1.807) is 50.6 Å². The second kappa shape index (κ2) is 36.1. The van der Waals surface area contributed by atoms with Crippen molar-refractivity contribution in [1.82, 2.24) is 0 Å². The number of nitrogens with zero attached hydrogens (tertiary/aromatic N) is 6. The summed E-state index contributed by atoms with van der Waals surface area (Å²) in [4.78, 5) is 0. The standard InChI is InChI=1S/C19H26N.C17H22N.2C16H20N.2C15H18N/c1-13(2)9-17-11-19(20(6)12-16(17)5)18-8-7-14(3)10-15(18)4;1-11-7-13(3)15(5)16(8-11)17-9-12(2)14(4)10-18(17)6;1-11-6-7-16(17(5)10-11)15-9-13(3)12(2)8-14(15)4;1-11-6-7-16(17(5)10-11)15-9-12(2)8-13(3)14(15)4;1-11-9-13(3)14(10-12(11)2)15-7-5-6-8-16(15)4;1-11-9-12(2)13(3)14(10-11)15-7-5-6-8-16(15)4/h7-8,10-13H,9H2,1-6H3;7-10H,1-6H3;2*6-10H,1-5H3;2*5-10H,1-4H3/q6*+1/i3D3,5D3,9D2;;;;;. The number of benzene rings is 6. The molecule has 12 rings (SSSR count). The van der Waals surface area contributed by atoms with Crippen molar-refractivity contribution in [3.05, 3.63) is 317 Å². The van der Waals surface area contributed by atoms with Gasteiger partial charge in [0.25, 0.3) is 0 Å². The van der Waals surface area contributed by atoms with Crippen LogP contribution in [0.1, 0.15) is 153 Å². The van der Waals surface area contributed by atoms with Crippen molar-refractivity contribution in [1.29, 1.82) is 0 Å². The Kier molecular flexibility index (Phi) is 24.3. The van der Waals surface area contributed by atoms with Crippen molar-refractivity contribution in [3.8, 4) is 67.5 Å². The van der Waals surface area contributed by atoms with E-state index in [9.17, 15) is 0 Å². The van der Waals surface area contributed by atoms with Gasteiger partial charge in [0, 0.05) is 115 Å². The maximum atomic E-state index is 8.48. The SMILES string of the molecule is Cc1cc(C)c(-c2cccc[n+]2C)cc1C.Cc1cc(C)c(C)c(-c2cc(C)c(C)c[n+]2C)c1.Cc1cc(C)c(C)c(-c2ccc(C)c[n+]2C)c1.Cc1cc(C)c(C)c(-c2cccc[n+]2C)c1.Cc1ccc(-c2cc(C)c(C)cc2C)[n+](C)c1.[2H]C([2H])([2H])c1ccc(-c2cc(C([2H])([2H])C(C)C)c(C([2H])([2H])[2H])c[n+]2C)c(C)c1. The van der Waals surface area contributed by atoms with Gasteiger partial charge in [-0.3, -0.25) is 0 Å². The first-order chi connectivity index (χ1) is 52.1. The zero-order chi connectivity index (χ0) is 83.7. The quantitative estimate of drug-likeness (QED) is 0.135. The van der Waals surface area contributed by atoms with Crippen LogP contribution in [0.5, 0.6) is 0 Å². The summed E-state index contributed by atoms with van der Waals surface area (Å²) >= 11 is 0. The van der Waals surface area contributed by atoms with Crippen molar-refractivity contribution < 1.29 is 38.4 Å². The average Bonchev–Trinajstić information content (AvgIpc) is 0.756. The summed E-state index contributed by atoms with van der Waals surface area (Å²) in [6.07, 6.45) is 10.4. The van der Waals surface area contributed by atoms with Crippen LogP contribution in [-0.4, -0.2) is 0 Å². The molecule has 0 amide bonds. The Morgan fingerprint density at radius 1 is 0.260 bits per heavy atom. The molecule has 0 N–H and O–H groups in total. The van der Waals surface area contributed by atoms with E-state index in [0.717, 1.165) is 11.1 Å². The molecule has 104 heavy (non-hydrogen) atoms. The highest BCUT2D eigenvalue weighted by atomic mass is 14.9. The molecule has 6 aromatic carbocycles. The molecule has 0 fully saturated rings. The Morgan fingerprint density at radius 3 is 1.01 bits per heavy atom. The molecule has 0 radical (unpaired) electrons. The van der Waals surface area contributed by atoms with Gasteiger partial charge in [-0.25, -0.2) is 27.4 Å². The fourth-order valence-electron chi connectivity index (χ4n) is 13.5. The topological polar surface area (TPSA) is 23.3 Å². The molecule has 0 spiro atoms. The summed E-state index contributed by atoms with van der Waals surface area (Å²) in [5, 5.41) is 0. The van der Waals surface area contributed by atoms with Crippen LogP contribution in [0.3, 0.4) is 0 Å². The van der Waals surface area contributed by atoms with Crippen molar-refractivity contribution in [3.63, 3.8) is 0 Å². The predicted molar refractivity (Wildman–Crippen MR) is 441 cm³/mol. The van der Waals surface area contributed by atoms with Crippen LogP contribution >= 0.6 is 0 Å². The van der Waals surface area contributed by atoms with E-state index in [-0.39, 0.29) is 16.7 Å². The second-order valence-electron chi connectivity index (χ2n) is 29.6. The fourth-order valence-corrected chi connectivity index (χ4v) is 13.5. The van der Waals surface area contributed by atoms with Gasteiger partial charge in [0.05, 0.1) is 0 Å². The Morgan fingerprint density at radius 2 is 0.606 bits per heavy atom. The van der Waals surface area contributed by atoms with Crippen molar-refractivity contribution in [2.24, 2.45) is 48.2 Å². The summed E-state index contributed by atoms with van der Waals surface area (Å²) in [6, 6.07) is 52.7. The lowest BCUT2D eigenvalue weighted by Gasteiger charge is -2.11. The zero-order valence-corrected chi connectivity index (χ0v) is 68.2. The van der Waals surface area contributed by atoms with Crippen LogP contribution in [0.4, 0.5) is 0 Å². The van der Waals surface area contributed by atoms with E-state index in [4.69, 9.17) is 11.0 Å². The first-order valence-corrected chi connectivity index (χ1v) is 36.5. The molecular formula is C98H124N6+6. The second-order valence-corrected chi connectivity index (χ2v) is 29.6. The van der Waals surface area contributed by atoms with Gasteiger partial charge in [-0.15, -0.1) is 0 Å². The molecule has 0 atom stereocenters. The van der Waals surface area contributed by atoms with Gasteiger partial charge < -0.3 is 0 Å². The molecular weight excluding hydrogens is 1260 g/mol. The minimum absolute atomic E-state index is 0.0192. The number of aromatic nitrogens is 6. The summed E-state index contributed by atoms with van der Waals surface area (Å²) < 4.78 is 75.8. The molecule has 0 aliphatic rings. The molecule has 0 aliphatic heterocycles. The van der Waals surface area contributed by atoms with E-state index in [1.165, 1.54) is 174 Å². The number of hydrogen-bond acceptors (Lipinski definition) is 0. The van der Waals surface area contributed by atoms with Gasteiger partial charge in [0.15, 0.2) is 37.2 Å². The van der Waals surface area contributed by atoms with Crippen LogP contribution in [-0.2, 0) is 48.7 Å². The van der Waals surface area contributed by atoms with Crippen LogP contribution in [0.25, 0.3) is 67.5 Å². The lowest BCUT2D eigenvalue weighted by Crippen LogP contribution is -2.32. The highest BCUT2D eigenvalue weighted by Crippen LogP contribution is 2.31. The van der Waals surface area contributed by atoms with Crippen molar-refractivity contribution >= 4 is 0 Å². The molecule has 6 aromatic heterocycles. The maximum absolute atomic E-state index is 8.48. The van der Waals surface area contributed by atoms with Gasteiger partial charge in [0.2, 0.25) is 34.2 Å². The summed E-state index contributed by atoms with van der Waals surface area (Å²) in [5.74, 6) is -0.423. The number of aryl methyl sites for hydroxylation is 25. The average molecular weight is 1390 g/mol. The Balaban J connectivity index is 0.000000189. The van der Waals surface area contributed by atoms with Gasteiger partial charge in [-0.1, -0.05) is 78.6 Å². The number of hydrogen-bond donors (Lipinski definition) is 0. The highest BCUT2D eigenvalue weighted by Gasteiger charge is 2.21. The smallest absolute Gasteiger partial charge is 0.201 e. The third-order valence-electron chi connectivity index (χ3n) is 20.1. The first-order valence-electron chi connectivity index (χ1n) is 40.5. The monoisotopic (exact) mass is 1390 g/mol. The Hall–Kier alpha value is -9.78. The molecule has 6 heterocycles. The third-order valence-corrected chi connectivity index (χ3v) is 20.1. The summed E-state index contributed by atoms with van der Waals surface area (Å²) in [6.45, 7) is 41.8. The predicted octanol–water partition coefficient (Wildman–Crippen LogP) is 21.1. The third kappa shape index (κ3) is 21.0. The molecule has 0 saturated carbocycles. The molecule has 6 heteroatoms. The van der Waals surface area contributed by atoms with Gasteiger partial charge in [-0.2, -0.15) is 0 Å². The highest BCUT2D eigenvalue weighted by molar-refractivity contribution is 5.68. The molecule has 540 valence electrons. The Labute approximate surface area is 640 Å². The van der Waals surface area contributed by atoms with E-state index in [0.29, 0.717) is 5.69 Å². The molecule has 6 nitrogen and oxygen atoms in total. The molecule has 0 unspecified atom stereocenters. The lowest BCUT2D eigenvalue weighted by molar-refractivity contribution is -0.660. The molecule has 0 aliphatic carbocycles. The Bertz CT molecular complexity index is 5410. The largest absolute Gasteiger partial charge is 0.212 e. The van der Waals surface area contributed by atoms with E-state index >= 15 is 0 Å². The first kappa shape index (κ1) is 69.9. The van der Waals surface area contributed by atoms with E-state index in [1.807, 2.05) is 0 Å². The minimum atomic E-state index is -2.45. The molecule has 12 aromatic rings. The zero-order valence-electron chi connectivity index (χ0n) is 76.2. The molecule has 0 bridgehead atoms. The van der Waals surface area contributed by atoms with E-state index < -0.39 is 26.0 Å². The van der Waals surface area contributed by atoms with Gasteiger partial charge in [-0.05, 0) is 309 Å². The summed E-state index contributed by atoms with van der Waals surface area (Å²) in [5.41, 5.74) is 41.0. The van der Waals surface area contributed by atoms with Gasteiger partial charge >= 0.3 is 0 Å². The minimum Gasteiger partial charge on any atom is -0.201 e. The molecule has 0 saturated heterocycles. The number of pyridine rings is 6. The normalized spacial score (nSPS) is 12.2. The number of rotatable bonds is 8. The maximum Gasteiger partial charge on any atom is 0.212 e. The van der Waals surface area contributed by atoms with Crippen molar-refractivity contribution in [2.45, 2.75) is 172 Å². The van der Waals surface area contributed by atoms with Crippen molar-refractivity contribution in [2.75, 3.05) is 0 Å². The van der Waals surface area contributed by atoms with Crippen LogP contribution in [0, 0.1) is 158 Å². The van der Waals surface area contributed by atoms with E-state index in [2.05, 4.69) is 348 Å². The van der Waals surface area contributed by atoms with Gasteiger partial charge in [0.1, 0.15) is 42.3 Å². The van der Waals surface area contributed by atoms with Crippen LogP contribution in [0.2, 0.25) is 0 Å². The lowest BCUT2D eigenvalue weighted by atomic mass is 9.96. The van der Waals surface area contributed by atoms with Crippen LogP contribution in [0.15, 0.2) is 189 Å².